The summed E-state index contributed by atoms with van der Waals surface area (Å²) in [5.74, 6) is 0.552. The average molecular weight is 817 g/mol. The van der Waals surface area contributed by atoms with E-state index in [2.05, 4.69) is 137 Å². The molecule has 8 N–H and O–H groups in total. The van der Waals surface area contributed by atoms with Gasteiger partial charge in [-0.1, -0.05) is 24.3 Å². The molecule has 9 heterocycles. The van der Waals surface area contributed by atoms with Crippen LogP contribution in [0.1, 0.15) is 71.6 Å². The summed E-state index contributed by atoms with van der Waals surface area (Å²) in [6.07, 6.45) is 30.9. The first-order chi connectivity index (χ1) is 29.5. The number of aromatic nitrogens is 4. The lowest BCUT2D eigenvalue weighted by molar-refractivity contribution is -0.698. The maximum Gasteiger partial charge on any atom is 0.172 e. The SMILES string of the molecule is OCC[n+]1cccc(C2C3C=CC(N3)C(c3ccc[n+](CCO)c3)C3CCC(N3)C(c3ccc[n+](CCO)c3)C3C=CC(N3)C(c3ccc[n+](CCO)c3)C3CCC2N3)c1. The summed E-state index contributed by atoms with van der Waals surface area (Å²) in [4.78, 5) is 0. The fraction of sp³-hybridized carbons (Fsp3) is 0.500. The lowest BCUT2D eigenvalue weighted by atomic mass is 9.83. The Bertz CT molecular complexity index is 1840. The molecular weight excluding hydrogens is 753 g/mol. The summed E-state index contributed by atoms with van der Waals surface area (Å²) in [6, 6.07) is 18.6. The highest BCUT2D eigenvalue weighted by Gasteiger charge is 2.48. The smallest absolute Gasteiger partial charge is 0.172 e. The third-order valence-corrected chi connectivity index (χ3v) is 14.0. The molecule has 12 atom stereocenters. The lowest BCUT2D eigenvalue weighted by Gasteiger charge is -2.37. The van der Waals surface area contributed by atoms with E-state index in [0.717, 1.165) is 25.7 Å². The summed E-state index contributed by atoms with van der Waals surface area (Å²) in [7, 11) is 0. The first kappa shape index (κ1) is 41.1. The molecule has 0 radical (unpaired) electrons. The minimum atomic E-state index is 0.0758. The number of nitrogens with zero attached hydrogens (tertiary/aromatic N) is 4. The van der Waals surface area contributed by atoms with E-state index >= 15 is 0 Å². The number of aliphatic hydroxyl groups excluding tert-OH is 4. The van der Waals surface area contributed by atoms with Crippen molar-refractivity contribution >= 4 is 0 Å². The van der Waals surface area contributed by atoms with Gasteiger partial charge in [-0.3, -0.25) is 0 Å². The molecule has 0 saturated carbocycles. The van der Waals surface area contributed by atoms with Crippen molar-refractivity contribution in [2.75, 3.05) is 26.4 Å². The number of hydrogen-bond donors (Lipinski definition) is 8. The van der Waals surface area contributed by atoms with Crippen LogP contribution in [-0.4, -0.2) is 95.2 Å². The van der Waals surface area contributed by atoms with Crippen molar-refractivity contribution in [3.63, 3.8) is 0 Å². The molecule has 4 aromatic heterocycles. The number of aliphatic hydroxyl groups is 4. The number of nitrogens with one attached hydrogen (secondary N) is 4. The minimum absolute atomic E-state index is 0.0758. The predicted octanol–water partition coefficient (Wildman–Crippen LogP) is 0.289. The van der Waals surface area contributed by atoms with Gasteiger partial charge in [-0.05, 0) is 49.9 Å². The van der Waals surface area contributed by atoms with Crippen LogP contribution in [0, 0.1) is 0 Å². The Kier molecular flexibility index (Phi) is 12.9. The van der Waals surface area contributed by atoms with Gasteiger partial charge in [-0.15, -0.1) is 0 Å². The second-order valence-corrected chi connectivity index (χ2v) is 17.6. The molecule has 5 aliphatic heterocycles. The van der Waals surface area contributed by atoms with Crippen molar-refractivity contribution in [1.82, 2.24) is 21.3 Å². The molecule has 9 rings (SSSR count). The zero-order valence-corrected chi connectivity index (χ0v) is 34.5. The van der Waals surface area contributed by atoms with Crippen LogP contribution in [0.2, 0.25) is 0 Å². The van der Waals surface area contributed by atoms with E-state index in [1.54, 1.807) is 0 Å². The van der Waals surface area contributed by atoms with Gasteiger partial charge >= 0.3 is 0 Å². The molecule has 0 aromatic carbocycles. The van der Waals surface area contributed by atoms with Crippen LogP contribution < -0.4 is 39.5 Å². The second-order valence-electron chi connectivity index (χ2n) is 17.6. The van der Waals surface area contributed by atoms with Crippen LogP contribution in [0.15, 0.2) is 122 Å². The largest absolute Gasteiger partial charge is 0.390 e. The first-order valence-corrected chi connectivity index (χ1v) is 22.3. The molecule has 3 saturated heterocycles. The van der Waals surface area contributed by atoms with Crippen molar-refractivity contribution in [1.29, 1.82) is 0 Å². The summed E-state index contributed by atoms with van der Waals surface area (Å²) in [5, 5.41) is 56.6. The first-order valence-electron chi connectivity index (χ1n) is 22.3. The van der Waals surface area contributed by atoms with Crippen molar-refractivity contribution in [2.45, 2.75) is 124 Å². The molecule has 5 aliphatic rings. The summed E-state index contributed by atoms with van der Waals surface area (Å²) >= 11 is 0. The topological polar surface area (TPSA) is 145 Å². The Labute approximate surface area is 354 Å². The normalized spacial score (nSPS) is 32.2. The fourth-order valence-electron chi connectivity index (χ4n) is 11.5. The Morgan fingerprint density at radius 1 is 0.383 bits per heavy atom. The second kappa shape index (κ2) is 18.8. The van der Waals surface area contributed by atoms with E-state index in [9.17, 15) is 20.4 Å². The molecule has 0 aliphatic carbocycles. The van der Waals surface area contributed by atoms with E-state index in [1.807, 2.05) is 24.8 Å². The Hall–Kier alpha value is -4.24. The third kappa shape index (κ3) is 8.62. The van der Waals surface area contributed by atoms with Crippen LogP contribution in [0.3, 0.4) is 0 Å². The number of fused-ring (bicyclic) bond motifs is 8. The number of rotatable bonds is 12. The van der Waals surface area contributed by atoms with Gasteiger partial charge < -0.3 is 41.7 Å². The van der Waals surface area contributed by atoms with Crippen LogP contribution in [-0.2, 0) is 26.2 Å². The molecule has 0 spiro atoms. The minimum Gasteiger partial charge on any atom is -0.390 e. The highest BCUT2D eigenvalue weighted by molar-refractivity contribution is 5.34. The van der Waals surface area contributed by atoms with Crippen LogP contribution in [0.5, 0.6) is 0 Å². The average Bonchev–Trinajstić information content (AvgIpc) is 4.10. The quantitative estimate of drug-likeness (QED) is 0.0754. The molecular formula is C48H64N8O4+4. The summed E-state index contributed by atoms with van der Waals surface area (Å²) in [6.45, 7) is 2.53. The van der Waals surface area contributed by atoms with Crippen molar-refractivity contribution in [2.24, 2.45) is 0 Å². The van der Waals surface area contributed by atoms with Crippen LogP contribution in [0.4, 0.5) is 0 Å². The standard InChI is InChI=1S/C48H64N8O4/c57-25-21-53-17-1-5-33(29-53)45-37-9-11-39(49-37)46(34-6-2-18-54(30-34)22-26-58)41-13-15-43(51-41)48(36-8-4-20-56(32-36)24-28-60)44-16-14-42(52-44)47(40-12-10-38(45)50-40)35-7-3-19-55(31-35)23-27-59/h1-9,11,14,16-20,29-32,37-52,57-60H,10,12-13,15,21-28H2/q+4. The van der Waals surface area contributed by atoms with E-state index in [1.165, 1.54) is 22.3 Å². The summed E-state index contributed by atoms with van der Waals surface area (Å²) < 4.78 is 8.45. The van der Waals surface area contributed by atoms with E-state index in [4.69, 9.17) is 0 Å². The highest BCUT2D eigenvalue weighted by atomic mass is 16.3. The molecule has 12 nitrogen and oxygen atoms in total. The number of pyridine rings is 4. The maximum absolute atomic E-state index is 9.92. The molecule has 60 heavy (non-hydrogen) atoms. The van der Waals surface area contributed by atoms with Gasteiger partial charge in [0.2, 0.25) is 0 Å². The molecule has 4 aromatic rings. The van der Waals surface area contributed by atoms with Gasteiger partial charge in [0.1, 0.15) is 26.4 Å². The zero-order valence-electron chi connectivity index (χ0n) is 34.5. The molecule has 316 valence electrons. The van der Waals surface area contributed by atoms with Gasteiger partial charge in [0.15, 0.2) is 75.8 Å². The molecule has 3 fully saturated rings. The highest BCUT2D eigenvalue weighted by Crippen LogP contribution is 2.43. The van der Waals surface area contributed by atoms with Crippen LogP contribution in [0.25, 0.3) is 0 Å². The van der Waals surface area contributed by atoms with Gasteiger partial charge in [0, 0.05) is 119 Å². The summed E-state index contributed by atoms with van der Waals surface area (Å²) in [5.41, 5.74) is 5.02. The molecule has 12 unspecified atom stereocenters. The zero-order chi connectivity index (χ0) is 41.0. The Balaban J connectivity index is 1.15. The Morgan fingerprint density at radius 2 is 0.633 bits per heavy atom. The third-order valence-electron chi connectivity index (χ3n) is 14.0. The monoisotopic (exact) mass is 817 g/mol. The molecule has 12 heteroatoms. The van der Waals surface area contributed by atoms with Gasteiger partial charge in [-0.25, -0.2) is 18.3 Å². The molecule has 0 amide bonds. The van der Waals surface area contributed by atoms with E-state index in [-0.39, 0.29) is 98.4 Å². The lowest BCUT2D eigenvalue weighted by Crippen LogP contribution is -2.53. The van der Waals surface area contributed by atoms with Gasteiger partial charge in [-0.2, -0.15) is 0 Å². The van der Waals surface area contributed by atoms with Gasteiger partial charge in [0.25, 0.3) is 0 Å². The predicted molar refractivity (Wildman–Crippen MR) is 225 cm³/mol. The van der Waals surface area contributed by atoms with Crippen molar-refractivity contribution in [3.8, 4) is 0 Å². The number of hydrogen-bond acceptors (Lipinski definition) is 8. The molecule has 8 bridgehead atoms. The van der Waals surface area contributed by atoms with E-state index < -0.39 is 0 Å². The van der Waals surface area contributed by atoms with Gasteiger partial charge in [0.05, 0.1) is 0 Å². The Morgan fingerprint density at radius 3 is 0.867 bits per heavy atom. The van der Waals surface area contributed by atoms with Crippen molar-refractivity contribution < 1.29 is 38.7 Å². The van der Waals surface area contributed by atoms with Crippen molar-refractivity contribution in [3.05, 3.63) is 145 Å². The van der Waals surface area contributed by atoms with Crippen LogP contribution >= 0.6 is 0 Å². The maximum atomic E-state index is 9.92. The fourth-order valence-corrected chi connectivity index (χ4v) is 11.5. The van der Waals surface area contributed by atoms with E-state index in [0.29, 0.717) is 26.2 Å².